The third kappa shape index (κ3) is 6.44. The molecular formula is C17H28ClN. The zero-order valence-corrected chi connectivity index (χ0v) is 13.7. The van der Waals surface area contributed by atoms with E-state index in [4.69, 9.17) is 11.6 Å². The maximum Gasteiger partial charge on any atom is 0.0409 e. The number of hydrogen-bond acceptors (Lipinski definition) is 1. The summed E-state index contributed by atoms with van der Waals surface area (Å²) in [4.78, 5) is 0. The van der Waals surface area contributed by atoms with Crippen molar-refractivity contribution in [3.8, 4) is 0 Å². The number of halogens is 1. The molecule has 1 nitrogen and oxygen atoms in total. The predicted molar refractivity (Wildman–Crippen MR) is 85.7 cm³/mol. The molecule has 2 heteroatoms. The SMILES string of the molecule is CC(C)CC(CC(C)C)N[C@@H](C)c1cccc(Cl)c1. The van der Waals surface area contributed by atoms with Gasteiger partial charge in [0.1, 0.15) is 0 Å². The van der Waals surface area contributed by atoms with Crippen LogP contribution in [0.15, 0.2) is 24.3 Å². The van der Waals surface area contributed by atoms with E-state index in [2.05, 4.69) is 52.1 Å². The minimum atomic E-state index is 0.348. The molecule has 0 spiro atoms. The number of benzene rings is 1. The lowest BCUT2D eigenvalue weighted by Crippen LogP contribution is -2.34. The molecule has 1 N–H and O–H groups in total. The zero-order chi connectivity index (χ0) is 14.4. The summed E-state index contributed by atoms with van der Waals surface area (Å²) in [6.45, 7) is 11.4. The van der Waals surface area contributed by atoms with Gasteiger partial charge >= 0.3 is 0 Å². The Labute approximate surface area is 123 Å². The van der Waals surface area contributed by atoms with Crippen LogP contribution in [0.4, 0.5) is 0 Å². The van der Waals surface area contributed by atoms with Crippen molar-refractivity contribution in [3.63, 3.8) is 0 Å². The number of hydrogen-bond donors (Lipinski definition) is 1. The molecule has 0 heterocycles. The van der Waals surface area contributed by atoms with Gasteiger partial charge in [-0.3, -0.25) is 0 Å². The Balaban J connectivity index is 2.66. The van der Waals surface area contributed by atoms with Crippen molar-refractivity contribution in [2.75, 3.05) is 0 Å². The van der Waals surface area contributed by atoms with Crippen LogP contribution in [0.1, 0.15) is 59.1 Å². The van der Waals surface area contributed by atoms with E-state index < -0.39 is 0 Å². The minimum Gasteiger partial charge on any atom is -0.307 e. The van der Waals surface area contributed by atoms with Crippen LogP contribution in [0.2, 0.25) is 5.02 Å². The molecule has 0 aromatic heterocycles. The molecule has 0 bridgehead atoms. The van der Waals surface area contributed by atoms with Crippen LogP contribution in [0, 0.1) is 11.8 Å². The van der Waals surface area contributed by atoms with Gasteiger partial charge < -0.3 is 5.32 Å². The van der Waals surface area contributed by atoms with Crippen molar-refractivity contribution in [2.24, 2.45) is 11.8 Å². The molecule has 1 aromatic rings. The smallest absolute Gasteiger partial charge is 0.0409 e. The molecule has 0 saturated heterocycles. The minimum absolute atomic E-state index is 0.348. The molecule has 0 aliphatic carbocycles. The molecule has 0 amide bonds. The van der Waals surface area contributed by atoms with Crippen molar-refractivity contribution in [1.29, 1.82) is 0 Å². The topological polar surface area (TPSA) is 12.0 Å². The largest absolute Gasteiger partial charge is 0.307 e. The Bertz CT molecular complexity index is 363. The van der Waals surface area contributed by atoms with Gasteiger partial charge in [-0.1, -0.05) is 51.4 Å². The fraction of sp³-hybridized carbons (Fsp3) is 0.647. The normalized spacial score (nSPS) is 13.5. The van der Waals surface area contributed by atoms with Crippen molar-refractivity contribution in [3.05, 3.63) is 34.9 Å². The van der Waals surface area contributed by atoms with Crippen molar-refractivity contribution < 1.29 is 0 Å². The first kappa shape index (κ1) is 16.5. The standard InChI is InChI=1S/C17H28ClN/c1-12(2)9-17(10-13(3)4)19-14(5)15-7-6-8-16(18)11-15/h6-8,11-14,17,19H,9-10H2,1-5H3/t14-/m0/s1. The highest BCUT2D eigenvalue weighted by atomic mass is 35.5. The van der Waals surface area contributed by atoms with E-state index in [9.17, 15) is 0 Å². The van der Waals surface area contributed by atoms with Crippen molar-refractivity contribution in [1.82, 2.24) is 5.32 Å². The molecule has 1 aromatic carbocycles. The van der Waals surface area contributed by atoms with Gasteiger partial charge in [-0.2, -0.15) is 0 Å². The molecule has 1 atom stereocenters. The Morgan fingerprint density at radius 1 is 1.00 bits per heavy atom. The molecule has 108 valence electrons. The zero-order valence-electron chi connectivity index (χ0n) is 12.9. The lowest BCUT2D eigenvalue weighted by Gasteiger charge is -2.26. The highest BCUT2D eigenvalue weighted by Crippen LogP contribution is 2.21. The van der Waals surface area contributed by atoms with E-state index in [1.807, 2.05) is 12.1 Å². The van der Waals surface area contributed by atoms with E-state index in [-0.39, 0.29) is 0 Å². The second-order valence-electron chi connectivity index (χ2n) is 6.40. The molecule has 0 aliphatic rings. The summed E-state index contributed by atoms with van der Waals surface area (Å²) in [7, 11) is 0. The van der Waals surface area contributed by atoms with Gasteiger partial charge in [-0.05, 0) is 49.3 Å². The van der Waals surface area contributed by atoms with Gasteiger partial charge in [0, 0.05) is 17.1 Å². The Hall–Kier alpha value is -0.530. The van der Waals surface area contributed by atoms with Crippen LogP contribution in [-0.2, 0) is 0 Å². The highest BCUT2D eigenvalue weighted by Gasteiger charge is 2.16. The van der Waals surface area contributed by atoms with Gasteiger partial charge in [-0.15, -0.1) is 0 Å². The second-order valence-corrected chi connectivity index (χ2v) is 6.84. The molecule has 0 aliphatic heterocycles. The van der Waals surface area contributed by atoms with Crippen LogP contribution < -0.4 is 5.32 Å². The lowest BCUT2D eigenvalue weighted by molar-refractivity contribution is 0.335. The van der Waals surface area contributed by atoms with Gasteiger partial charge in [0.15, 0.2) is 0 Å². The summed E-state index contributed by atoms with van der Waals surface area (Å²) in [6.07, 6.45) is 2.45. The molecule has 1 rings (SSSR count). The molecule has 0 fully saturated rings. The summed E-state index contributed by atoms with van der Waals surface area (Å²) >= 11 is 6.07. The second kappa shape index (κ2) is 7.91. The van der Waals surface area contributed by atoms with Gasteiger partial charge in [0.2, 0.25) is 0 Å². The summed E-state index contributed by atoms with van der Waals surface area (Å²) in [5, 5.41) is 4.58. The fourth-order valence-electron chi connectivity index (χ4n) is 2.60. The van der Waals surface area contributed by atoms with E-state index in [1.165, 1.54) is 18.4 Å². The van der Waals surface area contributed by atoms with Crippen molar-refractivity contribution in [2.45, 2.75) is 59.5 Å². The van der Waals surface area contributed by atoms with Gasteiger partial charge in [0.05, 0.1) is 0 Å². The molecular weight excluding hydrogens is 254 g/mol. The Kier molecular flexibility index (Phi) is 6.88. The average molecular weight is 282 g/mol. The highest BCUT2D eigenvalue weighted by molar-refractivity contribution is 6.30. The maximum atomic E-state index is 6.07. The third-order valence-electron chi connectivity index (χ3n) is 3.35. The van der Waals surface area contributed by atoms with E-state index in [1.54, 1.807) is 0 Å². The van der Waals surface area contributed by atoms with E-state index >= 15 is 0 Å². The Morgan fingerprint density at radius 3 is 2.05 bits per heavy atom. The molecule has 19 heavy (non-hydrogen) atoms. The quantitative estimate of drug-likeness (QED) is 0.700. The fourth-order valence-corrected chi connectivity index (χ4v) is 2.79. The summed E-state index contributed by atoms with van der Waals surface area (Å²) in [5.74, 6) is 1.45. The summed E-state index contributed by atoms with van der Waals surface area (Å²) in [5.41, 5.74) is 1.27. The van der Waals surface area contributed by atoms with Crippen LogP contribution in [0.3, 0.4) is 0 Å². The van der Waals surface area contributed by atoms with E-state index in [0.717, 1.165) is 16.9 Å². The van der Waals surface area contributed by atoms with Gasteiger partial charge in [0.25, 0.3) is 0 Å². The number of rotatable bonds is 7. The average Bonchev–Trinajstić information content (AvgIpc) is 2.26. The lowest BCUT2D eigenvalue weighted by atomic mass is 9.94. The maximum absolute atomic E-state index is 6.07. The molecule has 0 saturated carbocycles. The van der Waals surface area contributed by atoms with Crippen LogP contribution >= 0.6 is 11.6 Å². The predicted octanol–water partition coefficient (Wildman–Crippen LogP) is 5.45. The first-order valence-electron chi connectivity index (χ1n) is 7.40. The van der Waals surface area contributed by atoms with Gasteiger partial charge in [-0.25, -0.2) is 0 Å². The van der Waals surface area contributed by atoms with Crippen molar-refractivity contribution >= 4 is 11.6 Å². The first-order valence-corrected chi connectivity index (χ1v) is 7.77. The van der Waals surface area contributed by atoms with Crippen LogP contribution in [0.25, 0.3) is 0 Å². The van der Waals surface area contributed by atoms with Crippen LogP contribution in [0.5, 0.6) is 0 Å². The molecule has 0 radical (unpaired) electrons. The number of nitrogens with one attached hydrogen (secondary N) is 1. The Morgan fingerprint density at radius 2 is 1.58 bits per heavy atom. The summed E-state index contributed by atoms with van der Waals surface area (Å²) in [6, 6.07) is 9.08. The third-order valence-corrected chi connectivity index (χ3v) is 3.58. The molecule has 0 unspecified atom stereocenters. The van der Waals surface area contributed by atoms with E-state index in [0.29, 0.717) is 12.1 Å². The van der Waals surface area contributed by atoms with Crippen LogP contribution in [-0.4, -0.2) is 6.04 Å². The first-order chi connectivity index (χ1) is 8.88. The monoisotopic (exact) mass is 281 g/mol. The summed E-state index contributed by atoms with van der Waals surface area (Å²) < 4.78 is 0.